The van der Waals surface area contributed by atoms with E-state index in [-0.39, 0.29) is 18.5 Å². The first-order chi connectivity index (χ1) is 10.9. The molecule has 3 atom stereocenters. The average molecular weight is 318 g/mol. The molecule has 1 saturated carbocycles. The van der Waals surface area contributed by atoms with E-state index in [1.165, 1.54) is 12.8 Å². The molecule has 1 aliphatic rings. The highest BCUT2D eigenvalue weighted by molar-refractivity contribution is 5.92. The molecule has 23 heavy (non-hydrogen) atoms. The van der Waals surface area contributed by atoms with Gasteiger partial charge in [0.05, 0.1) is 0 Å². The molecular formula is C18H28N3O2+. The van der Waals surface area contributed by atoms with Crippen molar-refractivity contribution < 1.29 is 14.2 Å². The molecule has 0 radical (unpaired) electrons. The lowest BCUT2D eigenvalue weighted by Gasteiger charge is -2.37. The second-order valence-electron chi connectivity index (χ2n) is 7.13. The molecule has 2 rings (SSSR count). The summed E-state index contributed by atoms with van der Waals surface area (Å²) in [7, 11) is 0. The summed E-state index contributed by atoms with van der Waals surface area (Å²) in [6, 6.07) is 3.62. The second kappa shape index (κ2) is 7.57. The molecule has 1 fully saturated rings. The number of carbonyl (C=O) groups is 2. The minimum atomic E-state index is -0.485. The van der Waals surface area contributed by atoms with Crippen LogP contribution in [0.4, 0.5) is 0 Å². The zero-order chi connectivity index (χ0) is 17.0. The van der Waals surface area contributed by atoms with Crippen LogP contribution in [-0.2, 0) is 11.3 Å². The molecule has 0 saturated heterocycles. The summed E-state index contributed by atoms with van der Waals surface area (Å²) in [5.74, 6) is 1.26. The highest BCUT2D eigenvalue weighted by Gasteiger charge is 2.32. The normalized spacial score (nSPS) is 24.4. The lowest BCUT2D eigenvalue weighted by atomic mass is 9.74. The van der Waals surface area contributed by atoms with Crippen LogP contribution in [0.5, 0.6) is 0 Å². The van der Waals surface area contributed by atoms with Gasteiger partial charge >= 0.3 is 0 Å². The fourth-order valence-electron chi connectivity index (χ4n) is 3.55. The van der Waals surface area contributed by atoms with Gasteiger partial charge in [-0.3, -0.25) is 9.59 Å². The molecule has 126 valence electrons. The molecular weight excluding hydrogens is 290 g/mol. The molecule has 5 heteroatoms. The van der Waals surface area contributed by atoms with Crippen LogP contribution in [0, 0.1) is 17.8 Å². The van der Waals surface area contributed by atoms with E-state index >= 15 is 0 Å². The number of aromatic nitrogens is 1. The van der Waals surface area contributed by atoms with Crippen LogP contribution in [0.25, 0.3) is 0 Å². The van der Waals surface area contributed by atoms with Crippen molar-refractivity contribution in [2.75, 3.05) is 0 Å². The SMILES string of the molecule is CC1CCC(C(C)C)C(NC(=O)C[n+]2cccc(C(N)=O)c2)C1. The van der Waals surface area contributed by atoms with Crippen molar-refractivity contribution in [2.24, 2.45) is 23.5 Å². The predicted molar refractivity (Wildman–Crippen MR) is 88.4 cm³/mol. The Balaban J connectivity index is 2.00. The van der Waals surface area contributed by atoms with Crippen LogP contribution in [-0.4, -0.2) is 17.9 Å². The minimum Gasteiger partial charge on any atom is -0.365 e. The maximum absolute atomic E-state index is 12.4. The average Bonchev–Trinajstić information content (AvgIpc) is 2.47. The number of nitrogens with zero attached hydrogens (tertiary/aromatic N) is 1. The molecule has 1 aromatic heterocycles. The number of carbonyl (C=O) groups excluding carboxylic acids is 2. The van der Waals surface area contributed by atoms with Crippen molar-refractivity contribution in [2.45, 2.75) is 52.6 Å². The van der Waals surface area contributed by atoms with E-state index in [1.807, 2.05) is 0 Å². The number of nitrogens with two attached hydrogens (primary N) is 1. The van der Waals surface area contributed by atoms with Crippen LogP contribution in [0.2, 0.25) is 0 Å². The lowest BCUT2D eigenvalue weighted by molar-refractivity contribution is -0.684. The number of amides is 2. The molecule has 1 aliphatic carbocycles. The van der Waals surface area contributed by atoms with Gasteiger partial charge in [-0.15, -0.1) is 0 Å². The first kappa shape index (κ1) is 17.4. The van der Waals surface area contributed by atoms with Gasteiger partial charge in [0.2, 0.25) is 6.54 Å². The molecule has 3 N–H and O–H groups in total. The van der Waals surface area contributed by atoms with E-state index in [1.54, 1.807) is 29.1 Å². The number of pyridine rings is 1. The first-order valence-electron chi connectivity index (χ1n) is 8.45. The standard InChI is InChI=1S/C18H27N3O2/c1-12(2)15-7-6-13(3)9-16(15)20-17(22)11-21-8-4-5-14(10-21)18(19)23/h4-5,8,10,12-13,15-16H,6-7,9,11H2,1-3H3,(H2-,19,20,22,23)/p+1. The van der Waals surface area contributed by atoms with Crippen molar-refractivity contribution in [3.63, 3.8) is 0 Å². The fourth-order valence-corrected chi connectivity index (χ4v) is 3.55. The Morgan fingerprint density at radius 3 is 2.78 bits per heavy atom. The Morgan fingerprint density at radius 2 is 2.13 bits per heavy atom. The summed E-state index contributed by atoms with van der Waals surface area (Å²) in [5, 5.41) is 3.20. The van der Waals surface area contributed by atoms with Gasteiger partial charge in [0.25, 0.3) is 11.8 Å². The number of hydrogen-bond donors (Lipinski definition) is 2. The summed E-state index contributed by atoms with van der Waals surface area (Å²) in [4.78, 5) is 23.6. The van der Waals surface area contributed by atoms with Gasteiger partial charge in [-0.2, -0.15) is 4.57 Å². The first-order valence-corrected chi connectivity index (χ1v) is 8.45. The number of primary amides is 1. The zero-order valence-electron chi connectivity index (χ0n) is 14.3. The summed E-state index contributed by atoms with van der Waals surface area (Å²) in [6.45, 7) is 6.91. The van der Waals surface area contributed by atoms with Crippen LogP contribution in [0.3, 0.4) is 0 Å². The van der Waals surface area contributed by atoms with Gasteiger partial charge < -0.3 is 11.1 Å². The molecule has 0 aromatic carbocycles. The molecule has 3 unspecified atom stereocenters. The van der Waals surface area contributed by atoms with Crippen LogP contribution >= 0.6 is 0 Å². The van der Waals surface area contributed by atoms with E-state index in [9.17, 15) is 9.59 Å². The van der Waals surface area contributed by atoms with Crippen molar-refractivity contribution in [1.29, 1.82) is 0 Å². The largest absolute Gasteiger partial charge is 0.365 e. The Labute approximate surface area is 138 Å². The van der Waals surface area contributed by atoms with Gasteiger partial charge in [0, 0.05) is 12.1 Å². The Kier molecular flexibility index (Phi) is 5.74. The van der Waals surface area contributed by atoms with Crippen molar-refractivity contribution in [1.82, 2.24) is 5.32 Å². The molecule has 5 nitrogen and oxygen atoms in total. The maximum atomic E-state index is 12.4. The number of rotatable bonds is 5. The van der Waals surface area contributed by atoms with E-state index in [2.05, 4.69) is 26.1 Å². The second-order valence-corrected chi connectivity index (χ2v) is 7.13. The lowest BCUT2D eigenvalue weighted by Crippen LogP contribution is -2.50. The van der Waals surface area contributed by atoms with E-state index < -0.39 is 5.91 Å². The highest BCUT2D eigenvalue weighted by Crippen LogP contribution is 2.33. The third-order valence-electron chi connectivity index (χ3n) is 4.84. The molecule has 0 spiro atoms. The number of nitrogens with one attached hydrogen (secondary N) is 1. The van der Waals surface area contributed by atoms with E-state index in [4.69, 9.17) is 5.73 Å². The van der Waals surface area contributed by atoms with Crippen LogP contribution in [0.1, 0.15) is 50.4 Å². The highest BCUT2D eigenvalue weighted by atomic mass is 16.2. The van der Waals surface area contributed by atoms with Gasteiger partial charge in [-0.05, 0) is 36.7 Å². The van der Waals surface area contributed by atoms with Crippen molar-refractivity contribution in [3.05, 3.63) is 30.1 Å². The summed E-state index contributed by atoms with van der Waals surface area (Å²) in [6.07, 6.45) is 6.85. The van der Waals surface area contributed by atoms with E-state index in [0.717, 1.165) is 6.42 Å². The van der Waals surface area contributed by atoms with Gasteiger partial charge in [-0.25, -0.2) is 0 Å². The predicted octanol–water partition coefficient (Wildman–Crippen LogP) is 1.65. The summed E-state index contributed by atoms with van der Waals surface area (Å²) < 4.78 is 1.70. The Hall–Kier alpha value is -1.91. The summed E-state index contributed by atoms with van der Waals surface area (Å²) in [5.41, 5.74) is 5.69. The van der Waals surface area contributed by atoms with Crippen molar-refractivity contribution >= 4 is 11.8 Å². The maximum Gasteiger partial charge on any atom is 0.286 e. The third kappa shape index (κ3) is 4.78. The number of hydrogen-bond acceptors (Lipinski definition) is 2. The summed E-state index contributed by atoms with van der Waals surface area (Å²) >= 11 is 0. The van der Waals surface area contributed by atoms with E-state index in [0.29, 0.717) is 23.3 Å². The third-order valence-corrected chi connectivity index (χ3v) is 4.84. The van der Waals surface area contributed by atoms with Gasteiger partial charge in [-0.1, -0.05) is 27.2 Å². The topological polar surface area (TPSA) is 76.1 Å². The van der Waals surface area contributed by atoms with Crippen molar-refractivity contribution in [3.8, 4) is 0 Å². The van der Waals surface area contributed by atoms with Crippen LogP contribution in [0.15, 0.2) is 24.5 Å². The zero-order valence-corrected chi connectivity index (χ0v) is 14.3. The molecule has 1 aromatic rings. The van der Waals surface area contributed by atoms with Gasteiger partial charge in [0.1, 0.15) is 5.56 Å². The molecule has 1 heterocycles. The quantitative estimate of drug-likeness (QED) is 0.810. The Morgan fingerprint density at radius 1 is 1.39 bits per heavy atom. The van der Waals surface area contributed by atoms with Gasteiger partial charge in [0.15, 0.2) is 12.4 Å². The van der Waals surface area contributed by atoms with Crippen LogP contribution < -0.4 is 15.6 Å². The fraction of sp³-hybridized carbons (Fsp3) is 0.611. The molecule has 2 amide bonds. The Bertz CT molecular complexity index is 571. The smallest absolute Gasteiger partial charge is 0.286 e. The monoisotopic (exact) mass is 318 g/mol. The minimum absolute atomic E-state index is 0.0126. The molecule has 0 aliphatic heterocycles. The molecule has 0 bridgehead atoms.